The molecule has 1 amide bonds. The molecule has 0 aromatic rings. The fourth-order valence-corrected chi connectivity index (χ4v) is 4.08. The van der Waals surface area contributed by atoms with Crippen LogP contribution in [0.2, 0.25) is 0 Å². The zero-order chi connectivity index (χ0) is 14.1. The molecule has 0 aliphatic carbocycles. The molecule has 2 atom stereocenters. The maximum atomic E-state index is 12.0. The van der Waals surface area contributed by atoms with Gasteiger partial charge in [-0.2, -0.15) is 0 Å². The molecule has 0 spiro atoms. The van der Waals surface area contributed by atoms with Crippen molar-refractivity contribution in [1.29, 1.82) is 0 Å². The van der Waals surface area contributed by atoms with E-state index in [-0.39, 0.29) is 6.09 Å². The summed E-state index contributed by atoms with van der Waals surface area (Å²) in [6, 6.07) is 1.23. The van der Waals surface area contributed by atoms with E-state index in [0.29, 0.717) is 43.4 Å². The third-order valence-electron chi connectivity index (χ3n) is 5.06. The summed E-state index contributed by atoms with van der Waals surface area (Å²) in [5.41, 5.74) is 0. The Kier molecular flexibility index (Phi) is 3.96. The smallest absolute Gasteiger partial charge is 0.410 e. The molecule has 0 N–H and O–H groups in total. The van der Waals surface area contributed by atoms with Crippen LogP contribution in [-0.4, -0.2) is 59.5 Å². The number of amides is 1. The van der Waals surface area contributed by atoms with E-state index in [2.05, 4.69) is 4.90 Å². The van der Waals surface area contributed by atoms with E-state index in [4.69, 9.17) is 4.74 Å². The van der Waals surface area contributed by atoms with Crippen LogP contribution in [0, 0.1) is 0 Å². The van der Waals surface area contributed by atoms with Crippen LogP contribution in [0.25, 0.3) is 0 Å². The van der Waals surface area contributed by atoms with E-state index in [1.54, 1.807) is 0 Å². The van der Waals surface area contributed by atoms with Gasteiger partial charge < -0.3 is 9.64 Å². The number of piperidine rings is 2. The number of likely N-dealkylation sites (tertiary alicyclic amines) is 1. The SMILES string of the molecule is CCOC(=O)N1C2CCC1CC(N1CCC(=O)CC1)C2. The van der Waals surface area contributed by atoms with Gasteiger partial charge in [0.2, 0.25) is 0 Å². The normalized spacial score (nSPS) is 34.4. The zero-order valence-electron chi connectivity index (χ0n) is 12.2. The van der Waals surface area contributed by atoms with Crippen LogP contribution in [-0.2, 0) is 9.53 Å². The second kappa shape index (κ2) is 5.72. The van der Waals surface area contributed by atoms with Gasteiger partial charge in [-0.15, -0.1) is 0 Å². The molecule has 3 fully saturated rings. The van der Waals surface area contributed by atoms with Crippen molar-refractivity contribution in [2.24, 2.45) is 0 Å². The Morgan fingerprint density at radius 3 is 2.30 bits per heavy atom. The zero-order valence-corrected chi connectivity index (χ0v) is 12.2. The molecule has 0 radical (unpaired) electrons. The number of Topliss-reactive ketones (excluding diaryl/α,β-unsaturated/α-hetero) is 1. The summed E-state index contributed by atoms with van der Waals surface area (Å²) >= 11 is 0. The Bertz CT molecular complexity index is 375. The van der Waals surface area contributed by atoms with Gasteiger partial charge in [0.25, 0.3) is 0 Å². The molecule has 2 bridgehead atoms. The van der Waals surface area contributed by atoms with Gasteiger partial charge >= 0.3 is 6.09 Å². The monoisotopic (exact) mass is 280 g/mol. The lowest BCUT2D eigenvalue weighted by Gasteiger charge is -2.43. The average molecular weight is 280 g/mol. The fraction of sp³-hybridized carbons (Fsp3) is 0.867. The van der Waals surface area contributed by atoms with Crippen molar-refractivity contribution >= 4 is 11.9 Å². The molecule has 20 heavy (non-hydrogen) atoms. The number of ketones is 1. The first kappa shape index (κ1) is 13.9. The number of hydrogen-bond acceptors (Lipinski definition) is 4. The molecule has 0 saturated carbocycles. The Labute approximate surface area is 120 Å². The fourth-order valence-electron chi connectivity index (χ4n) is 4.08. The molecule has 112 valence electrons. The van der Waals surface area contributed by atoms with Gasteiger partial charge in [0.15, 0.2) is 0 Å². The van der Waals surface area contributed by atoms with Crippen molar-refractivity contribution in [1.82, 2.24) is 9.80 Å². The van der Waals surface area contributed by atoms with Crippen LogP contribution < -0.4 is 0 Å². The minimum Gasteiger partial charge on any atom is -0.450 e. The van der Waals surface area contributed by atoms with E-state index in [0.717, 1.165) is 38.8 Å². The van der Waals surface area contributed by atoms with Crippen LogP contribution in [0.4, 0.5) is 4.79 Å². The third-order valence-corrected chi connectivity index (χ3v) is 5.06. The Morgan fingerprint density at radius 2 is 1.75 bits per heavy atom. The second-order valence-electron chi connectivity index (χ2n) is 6.19. The maximum Gasteiger partial charge on any atom is 0.410 e. The highest BCUT2D eigenvalue weighted by atomic mass is 16.6. The quantitative estimate of drug-likeness (QED) is 0.774. The Balaban J connectivity index is 1.61. The number of carbonyl (C=O) groups excluding carboxylic acids is 2. The minimum atomic E-state index is -0.132. The van der Waals surface area contributed by atoms with Crippen LogP contribution in [0.5, 0.6) is 0 Å². The topological polar surface area (TPSA) is 49.9 Å². The van der Waals surface area contributed by atoms with Gasteiger partial charge in [-0.3, -0.25) is 9.69 Å². The van der Waals surface area contributed by atoms with E-state index < -0.39 is 0 Å². The molecule has 5 heteroatoms. The largest absolute Gasteiger partial charge is 0.450 e. The number of hydrogen-bond donors (Lipinski definition) is 0. The molecule has 5 nitrogen and oxygen atoms in total. The van der Waals surface area contributed by atoms with Crippen molar-refractivity contribution in [2.75, 3.05) is 19.7 Å². The molecule has 0 aromatic heterocycles. The lowest BCUT2D eigenvalue weighted by molar-refractivity contribution is -0.122. The predicted molar refractivity (Wildman–Crippen MR) is 74.5 cm³/mol. The van der Waals surface area contributed by atoms with Gasteiger partial charge in [-0.1, -0.05) is 0 Å². The van der Waals surface area contributed by atoms with E-state index >= 15 is 0 Å². The van der Waals surface area contributed by atoms with Crippen molar-refractivity contribution in [3.63, 3.8) is 0 Å². The van der Waals surface area contributed by atoms with E-state index in [1.165, 1.54) is 0 Å². The summed E-state index contributed by atoms with van der Waals surface area (Å²) in [4.78, 5) is 27.8. The molecular weight excluding hydrogens is 256 g/mol. The molecule has 0 aromatic carbocycles. The minimum absolute atomic E-state index is 0.132. The lowest BCUT2D eigenvalue weighted by atomic mass is 9.94. The standard InChI is InChI=1S/C15H24N2O3/c1-2-20-15(19)17-11-3-4-12(17)10-13(9-11)16-7-5-14(18)6-8-16/h11-13H,2-10H2,1H3. The highest BCUT2D eigenvalue weighted by Crippen LogP contribution is 2.38. The maximum absolute atomic E-state index is 12.0. The van der Waals surface area contributed by atoms with Crippen molar-refractivity contribution in [3.05, 3.63) is 0 Å². The van der Waals surface area contributed by atoms with Crippen LogP contribution in [0.1, 0.15) is 45.4 Å². The summed E-state index contributed by atoms with van der Waals surface area (Å²) in [7, 11) is 0. The Hall–Kier alpha value is -1.10. The Morgan fingerprint density at radius 1 is 1.15 bits per heavy atom. The number of nitrogens with zero attached hydrogens (tertiary/aromatic N) is 2. The first-order chi connectivity index (χ1) is 9.69. The molecule has 3 heterocycles. The van der Waals surface area contributed by atoms with Crippen LogP contribution in [0.3, 0.4) is 0 Å². The summed E-state index contributed by atoms with van der Waals surface area (Å²) in [6.07, 6.45) is 5.57. The molecular formula is C15H24N2O3. The summed E-state index contributed by atoms with van der Waals surface area (Å²) in [5, 5.41) is 0. The van der Waals surface area contributed by atoms with Crippen molar-refractivity contribution in [3.8, 4) is 0 Å². The average Bonchev–Trinajstić information content (AvgIpc) is 2.71. The third kappa shape index (κ3) is 2.55. The number of carbonyl (C=O) groups is 2. The van der Waals surface area contributed by atoms with Gasteiger partial charge in [0.05, 0.1) is 6.61 Å². The molecule has 3 saturated heterocycles. The van der Waals surface area contributed by atoms with Crippen molar-refractivity contribution in [2.45, 2.75) is 63.6 Å². The van der Waals surface area contributed by atoms with Crippen molar-refractivity contribution < 1.29 is 14.3 Å². The molecule has 2 unspecified atom stereocenters. The first-order valence-electron chi connectivity index (χ1n) is 7.90. The second-order valence-corrected chi connectivity index (χ2v) is 6.19. The summed E-state index contributed by atoms with van der Waals surface area (Å²) in [5.74, 6) is 0.396. The van der Waals surface area contributed by atoms with Crippen LogP contribution >= 0.6 is 0 Å². The van der Waals surface area contributed by atoms with E-state index in [1.807, 2.05) is 11.8 Å². The van der Waals surface area contributed by atoms with Gasteiger partial charge in [-0.25, -0.2) is 4.79 Å². The van der Waals surface area contributed by atoms with Gasteiger partial charge in [-0.05, 0) is 32.6 Å². The summed E-state index contributed by atoms with van der Waals surface area (Å²) < 4.78 is 5.19. The van der Waals surface area contributed by atoms with Gasteiger partial charge in [0, 0.05) is 44.1 Å². The number of rotatable bonds is 2. The summed E-state index contributed by atoms with van der Waals surface area (Å²) in [6.45, 7) is 4.12. The lowest BCUT2D eigenvalue weighted by Crippen LogP contribution is -2.54. The van der Waals surface area contributed by atoms with Crippen LogP contribution in [0.15, 0.2) is 0 Å². The highest BCUT2D eigenvalue weighted by Gasteiger charge is 2.45. The first-order valence-corrected chi connectivity index (χ1v) is 7.90. The highest BCUT2D eigenvalue weighted by molar-refractivity contribution is 5.79. The molecule has 3 aliphatic heterocycles. The number of ether oxygens (including phenoxy) is 1. The molecule has 3 rings (SSSR count). The number of fused-ring (bicyclic) bond motifs is 2. The van der Waals surface area contributed by atoms with Gasteiger partial charge in [0.1, 0.15) is 5.78 Å². The molecule has 3 aliphatic rings. The predicted octanol–water partition coefficient (Wildman–Crippen LogP) is 1.80. The van der Waals surface area contributed by atoms with E-state index in [9.17, 15) is 9.59 Å².